The molecule has 1 saturated heterocycles. The minimum atomic E-state index is -1.02. The molecule has 2 aliphatic heterocycles. The number of thiocarbonyl (C=S) groups is 1. The van der Waals surface area contributed by atoms with Crippen LogP contribution in [0.5, 0.6) is 17.2 Å². The van der Waals surface area contributed by atoms with E-state index in [0.717, 1.165) is 16.9 Å². The van der Waals surface area contributed by atoms with Crippen LogP contribution in [-0.2, 0) is 16.0 Å². The summed E-state index contributed by atoms with van der Waals surface area (Å²) in [5, 5.41) is 3.90. The Balaban J connectivity index is 1.65. The fourth-order valence-corrected chi connectivity index (χ4v) is 4.99. The van der Waals surface area contributed by atoms with Crippen molar-refractivity contribution in [3.8, 4) is 17.2 Å². The van der Waals surface area contributed by atoms with Gasteiger partial charge in [0.25, 0.3) is 0 Å². The highest BCUT2D eigenvalue weighted by Gasteiger charge is 2.59. The predicted molar refractivity (Wildman–Crippen MR) is 129 cm³/mol. The molecule has 2 aromatic carbocycles. The zero-order chi connectivity index (χ0) is 23.6. The first-order valence-corrected chi connectivity index (χ1v) is 11.2. The minimum Gasteiger partial charge on any atom is -0.493 e. The van der Waals surface area contributed by atoms with E-state index in [1.54, 1.807) is 20.3 Å². The SMILES string of the molecule is C=CCOC(=O)[C@H]1[C@H]2NC(=S)N(CCc3ccc(OC)c(OC)c3)[C@@]1(C)Oc1ccccc12. The molecule has 174 valence electrons. The molecule has 0 saturated carbocycles. The largest absolute Gasteiger partial charge is 0.493 e. The van der Waals surface area contributed by atoms with Gasteiger partial charge in [0.2, 0.25) is 0 Å². The fraction of sp³-hybridized carbons (Fsp3) is 0.360. The van der Waals surface area contributed by atoms with Crippen LogP contribution in [0.25, 0.3) is 0 Å². The summed E-state index contributed by atoms with van der Waals surface area (Å²) in [4.78, 5) is 15.1. The third-order valence-electron chi connectivity index (χ3n) is 6.21. The summed E-state index contributed by atoms with van der Waals surface area (Å²) in [5.41, 5.74) is 0.913. The Morgan fingerprint density at radius 1 is 1.24 bits per heavy atom. The van der Waals surface area contributed by atoms with Gasteiger partial charge in [-0.05, 0) is 49.3 Å². The molecule has 0 aromatic heterocycles. The van der Waals surface area contributed by atoms with E-state index in [4.69, 9.17) is 31.2 Å². The second-order valence-electron chi connectivity index (χ2n) is 8.11. The van der Waals surface area contributed by atoms with Gasteiger partial charge in [0, 0.05) is 12.1 Å². The van der Waals surface area contributed by atoms with Gasteiger partial charge in [0.15, 0.2) is 22.3 Å². The lowest BCUT2D eigenvalue weighted by Crippen LogP contribution is -2.71. The molecule has 0 radical (unpaired) electrons. The Morgan fingerprint density at radius 2 is 2.00 bits per heavy atom. The molecule has 0 spiro atoms. The van der Waals surface area contributed by atoms with Gasteiger partial charge in [-0.15, -0.1) is 0 Å². The average molecular weight is 469 g/mol. The molecule has 1 fully saturated rings. The van der Waals surface area contributed by atoms with E-state index in [1.807, 2.05) is 54.3 Å². The maximum absolute atomic E-state index is 13.2. The standard InChI is InChI=1S/C25H28N2O5S/c1-5-14-31-23(28)21-22-17-8-6-7-9-18(17)32-25(21,2)27(24(33)26-22)13-12-16-10-11-19(29-3)20(15-16)30-4/h5-11,15,21-22H,1,12-14H2,2-4H3,(H,26,33)/t21-,22+,25+/m1/s1. The summed E-state index contributed by atoms with van der Waals surface area (Å²) in [6.07, 6.45) is 2.21. The van der Waals surface area contributed by atoms with Crippen molar-refractivity contribution in [2.45, 2.75) is 25.1 Å². The van der Waals surface area contributed by atoms with Crippen LogP contribution in [0.15, 0.2) is 55.1 Å². The highest BCUT2D eigenvalue weighted by Crippen LogP contribution is 2.48. The zero-order valence-electron chi connectivity index (χ0n) is 19.0. The number of esters is 1. The first-order chi connectivity index (χ1) is 15.9. The van der Waals surface area contributed by atoms with Crippen LogP contribution in [0.4, 0.5) is 0 Å². The van der Waals surface area contributed by atoms with Gasteiger partial charge in [-0.25, -0.2) is 0 Å². The highest BCUT2D eigenvalue weighted by atomic mass is 32.1. The van der Waals surface area contributed by atoms with E-state index >= 15 is 0 Å². The molecule has 0 unspecified atom stereocenters. The first kappa shape index (κ1) is 22.9. The van der Waals surface area contributed by atoms with Gasteiger partial charge in [-0.2, -0.15) is 0 Å². The number of hydrogen-bond donors (Lipinski definition) is 1. The molecular weight excluding hydrogens is 440 g/mol. The van der Waals surface area contributed by atoms with Crippen LogP contribution in [0.3, 0.4) is 0 Å². The van der Waals surface area contributed by atoms with Crippen LogP contribution in [0.2, 0.25) is 0 Å². The molecule has 3 atom stereocenters. The van der Waals surface area contributed by atoms with E-state index in [0.29, 0.717) is 29.6 Å². The average Bonchev–Trinajstić information content (AvgIpc) is 2.81. The fourth-order valence-electron chi connectivity index (χ4n) is 4.59. The van der Waals surface area contributed by atoms with Crippen molar-refractivity contribution >= 4 is 23.3 Å². The van der Waals surface area contributed by atoms with Crippen LogP contribution in [-0.4, -0.2) is 49.1 Å². The number of carbonyl (C=O) groups excluding carboxylic acids is 1. The number of para-hydroxylation sites is 1. The molecule has 1 N–H and O–H groups in total. The number of fused-ring (bicyclic) bond motifs is 4. The molecule has 2 aliphatic rings. The van der Waals surface area contributed by atoms with E-state index in [1.165, 1.54) is 0 Å². The second-order valence-corrected chi connectivity index (χ2v) is 8.50. The molecular formula is C25H28N2O5S. The number of nitrogens with one attached hydrogen (secondary N) is 1. The van der Waals surface area contributed by atoms with Gasteiger partial charge < -0.3 is 29.2 Å². The number of nitrogens with zero attached hydrogens (tertiary/aromatic N) is 1. The zero-order valence-corrected chi connectivity index (χ0v) is 19.8. The second kappa shape index (κ2) is 9.31. The Hall–Kier alpha value is -3.26. The predicted octanol–water partition coefficient (Wildman–Crippen LogP) is 3.63. The van der Waals surface area contributed by atoms with Crippen LogP contribution in [0.1, 0.15) is 24.1 Å². The van der Waals surface area contributed by atoms with Crippen molar-refractivity contribution in [3.63, 3.8) is 0 Å². The quantitative estimate of drug-likeness (QED) is 0.358. The lowest BCUT2D eigenvalue weighted by molar-refractivity contribution is -0.174. The molecule has 0 amide bonds. The number of rotatable bonds is 8. The normalized spacial score (nSPS) is 23.0. The van der Waals surface area contributed by atoms with Crippen molar-refractivity contribution < 1.29 is 23.7 Å². The molecule has 2 heterocycles. The summed E-state index contributed by atoms with van der Waals surface area (Å²) in [7, 11) is 3.22. The van der Waals surface area contributed by atoms with Gasteiger partial charge >= 0.3 is 5.97 Å². The molecule has 8 heteroatoms. The number of ether oxygens (including phenoxy) is 4. The summed E-state index contributed by atoms with van der Waals surface area (Å²) < 4.78 is 22.7. The van der Waals surface area contributed by atoms with E-state index < -0.39 is 11.6 Å². The van der Waals surface area contributed by atoms with Crippen molar-refractivity contribution in [1.29, 1.82) is 0 Å². The molecule has 0 aliphatic carbocycles. The summed E-state index contributed by atoms with van der Waals surface area (Å²) in [6, 6.07) is 13.2. The van der Waals surface area contributed by atoms with Crippen molar-refractivity contribution in [2.75, 3.05) is 27.4 Å². The number of methoxy groups -OCH3 is 2. The lowest BCUT2D eigenvalue weighted by atomic mass is 9.79. The summed E-state index contributed by atoms with van der Waals surface area (Å²) in [5.74, 6) is 1.08. The van der Waals surface area contributed by atoms with Crippen LogP contribution in [0, 0.1) is 5.92 Å². The Morgan fingerprint density at radius 3 is 2.73 bits per heavy atom. The Bertz CT molecular complexity index is 1070. The summed E-state index contributed by atoms with van der Waals surface area (Å²) >= 11 is 5.73. The van der Waals surface area contributed by atoms with E-state index in [2.05, 4.69) is 11.9 Å². The maximum Gasteiger partial charge on any atom is 0.317 e. The molecule has 33 heavy (non-hydrogen) atoms. The van der Waals surface area contributed by atoms with Gasteiger partial charge in [-0.3, -0.25) is 4.79 Å². The first-order valence-electron chi connectivity index (χ1n) is 10.8. The van der Waals surface area contributed by atoms with Gasteiger partial charge in [0.1, 0.15) is 18.3 Å². The number of carbonyl (C=O) groups is 1. The van der Waals surface area contributed by atoms with Crippen molar-refractivity contribution in [1.82, 2.24) is 10.2 Å². The van der Waals surface area contributed by atoms with Gasteiger partial charge in [-0.1, -0.05) is 36.9 Å². The highest BCUT2D eigenvalue weighted by molar-refractivity contribution is 7.80. The van der Waals surface area contributed by atoms with E-state index in [-0.39, 0.29) is 18.6 Å². The molecule has 2 aromatic rings. The minimum absolute atomic E-state index is 0.135. The molecule has 2 bridgehead atoms. The van der Waals surface area contributed by atoms with Crippen LogP contribution >= 0.6 is 12.2 Å². The number of hydrogen-bond acceptors (Lipinski definition) is 6. The van der Waals surface area contributed by atoms with Gasteiger partial charge in [0.05, 0.1) is 20.3 Å². The third-order valence-corrected chi connectivity index (χ3v) is 6.55. The van der Waals surface area contributed by atoms with Crippen LogP contribution < -0.4 is 19.5 Å². The van der Waals surface area contributed by atoms with Crippen molar-refractivity contribution in [2.24, 2.45) is 5.92 Å². The lowest BCUT2D eigenvalue weighted by Gasteiger charge is -2.55. The number of benzene rings is 2. The summed E-state index contributed by atoms with van der Waals surface area (Å²) in [6.45, 7) is 6.21. The molecule has 4 rings (SSSR count). The Labute approximate surface area is 199 Å². The third kappa shape index (κ3) is 4.11. The smallest absolute Gasteiger partial charge is 0.317 e. The Kier molecular flexibility index (Phi) is 6.47. The molecule has 7 nitrogen and oxygen atoms in total. The van der Waals surface area contributed by atoms with E-state index in [9.17, 15) is 4.79 Å². The van der Waals surface area contributed by atoms with Crippen molar-refractivity contribution in [3.05, 3.63) is 66.2 Å². The maximum atomic E-state index is 13.2. The monoisotopic (exact) mass is 468 g/mol. The topological polar surface area (TPSA) is 69.3 Å².